The van der Waals surface area contributed by atoms with Gasteiger partial charge < -0.3 is 10.2 Å². The van der Waals surface area contributed by atoms with Crippen LogP contribution in [0.3, 0.4) is 0 Å². The lowest BCUT2D eigenvalue weighted by Gasteiger charge is -2.24. The molecule has 4 nitrogen and oxygen atoms in total. The molecule has 124 valence electrons. The molecule has 0 aliphatic rings. The molecule has 5 heteroatoms. The summed E-state index contributed by atoms with van der Waals surface area (Å²) in [6, 6.07) is 10.2. The first kappa shape index (κ1) is 17.6. The first-order chi connectivity index (χ1) is 11.0. The number of aromatic nitrogens is 1. The average molecular weight is 331 g/mol. The number of hydrogen-bond acceptors (Lipinski definition) is 4. The van der Waals surface area contributed by atoms with E-state index in [9.17, 15) is 4.79 Å². The van der Waals surface area contributed by atoms with Crippen molar-refractivity contribution in [3.8, 4) is 10.6 Å². The minimum Gasteiger partial charge on any atom is -0.338 e. The van der Waals surface area contributed by atoms with E-state index in [0.717, 1.165) is 34.1 Å². The van der Waals surface area contributed by atoms with E-state index in [0.29, 0.717) is 6.42 Å². The van der Waals surface area contributed by atoms with Crippen molar-refractivity contribution in [2.45, 2.75) is 32.7 Å². The average Bonchev–Trinajstić information content (AvgIpc) is 2.96. The third-order valence-electron chi connectivity index (χ3n) is 4.02. The summed E-state index contributed by atoms with van der Waals surface area (Å²) in [6.45, 7) is 4.96. The van der Waals surface area contributed by atoms with Gasteiger partial charge in [0.2, 0.25) is 5.91 Å². The normalized spacial score (nSPS) is 12.2. The Bertz CT molecular complexity index is 639. The highest BCUT2D eigenvalue weighted by atomic mass is 32.1. The van der Waals surface area contributed by atoms with E-state index in [1.54, 1.807) is 11.3 Å². The molecule has 0 bridgehead atoms. The Morgan fingerprint density at radius 3 is 2.70 bits per heavy atom. The number of thiazole rings is 1. The number of rotatable bonds is 7. The number of benzene rings is 1. The van der Waals surface area contributed by atoms with Gasteiger partial charge in [-0.15, -0.1) is 11.3 Å². The van der Waals surface area contributed by atoms with Gasteiger partial charge in [0.1, 0.15) is 5.01 Å². The number of hydrogen-bond donors (Lipinski definition) is 1. The van der Waals surface area contributed by atoms with Gasteiger partial charge in [0.15, 0.2) is 0 Å². The van der Waals surface area contributed by atoms with Crippen molar-refractivity contribution in [3.63, 3.8) is 0 Å². The van der Waals surface area contributed by atoms with Gasteiger partial charge in [0.05, 0.1) is 16.6 Å². The quantitative estimate of drug-likeness (QED) is 0.788. The van der Waals surface area contributed by atoms with Crippen LogP contribution in [0, 0.1) is 6.92 Å². The Hall–Kier alpha value is -1.72. The molecule has 2 aromatic rings. The summed E-state index contributed by atoms with van der Waals surface area (Å²) in [6.07, 6.45) is 1.44. The second-order valence-corrected chi connectivity index (χ2v) is 6.75. The standard InChI is InChI=1S/C18H25N3OS/c1-13-17(14(2)21(4)16(22)11-8-12-19-3)23-18(20-13)15-9-6-5-7-10-15/h5-7,9-10,14,19H,8,11-12H2,1-4H3. The van der Waals surface area contributed by atoms with E-state index in [2.05, 4.69) is 29.4 Å². The van der Waals surface area contributed by atoms with Crippen LogP contribution in [0.2, 0.25) is 0 Å². The smallest absolute Gasteiger partial charge is 0.222 e. The first-order valence-corrected chi connectivity index (χ1v) is 8.79. The molecular weight excluding hydrogens is 306 g/mol. The SMILES string of the molecule is CNCCCC(=O)N(C)C(C)c1sc(-c2ccccc2)nc1C. The monoisotopic (exact) mass is 331 g/mol. The molecule has 1 aromatic heterocycles. The van der Waals surface area contributed by atoms with Crippen LogP contribution in [-0.2, 0) is 4.79 Å². The first-order valence-electron chi connectivity index (χ1n) is 7.97. The van der Waals surface area contributed by atoms with Gasteiger partial charge in [0.25, 0.3) is 0 Å². The zero-order valence-electron chi connectivity index (χ0n) is 14.3. The summed E-state index contributed by atoms with van der Waals surface area (Å²) in [5, 5.41) is 4.09. The Kier molecular flexibility index (Phi) is 6.30. The summed E-state index contributed by atoms with van der Waals surface area (Å²) >= 11 is 1.68. The van der Waals surface area contributed by atoms with Crippen molar-refractivity contribution in [2.24, 2.45) is 0 Å². The maximum atomic E-state index is 12.3. The van der Waals surface area contributed by atoms with Crippen molar-refractivity contribution in [3.05, 3.63) is 40.9 Å². The molecule has 23 heavy (non-hydrogen) atoms. The summed E-state index contributed by atoms with van der Waals surface area (Å²) in [7, 11) is 3.79. The zero-order valence-corrected chi connectivity index (χ0v) is 15.1. The molecule has 1 aromatic carbocycles. The number of aryl methyl sites for hydroxylation is 1. The molecule has 0 spiro atoms. The Labute approximate surface area is 142 Å². The summed E-state index contributed by atoms with van der Waals surface area (Å²) in [5.74, 6) is 0.182. The lowest BCUT2D eigenvalue weighted by Crippen LogP contribution is -2.29. The van der Waals surface area contributed by atoms with Crippen molar-refractivity contribution in [2.75, 3.05) is 20.6 Å². The van der Waals surface area contributed by atoms with Crippen LogP contribution >= 0.6 is 11.3 Å². The molecule has 1 N–H and O–H groups in total. The van der Waals surface area contributed by atoms with Crippen LogP contribution in [0.4, 0.5) is 0 Å². The van der Waals surface area contributed by atoms with Crippen molar-refractivity contribution >= 4 is 17.2 Å². The molecule has 0 radical (unpaired) electrons. The van der Waals surface area contributed by atoms with Gasteiger partial charge in [0, 0.05) is 19.0 Å². The predicted molar refractivity (Wildman–Crippen MR) is 96.6 cm³/mol. The lowest BCUT2D eigenvalue weighted by molar-refractivity contribution is -0.131. The second-order valence-electron chi connectivity index (χ2n) is 5.72. The Balaban J connectivity index is 2.11. The molecule has 0 saturated heterocycles. The topological polar surface area (TPSA) is 45.2 Å². The van der Waals surface area contributed by atoms with Gasteiger partial charge in [-0.2, -0.15) is 0 Å². The molecule has 1 amide bonds. The summed E-state index contributed by atoms with van der Waals surface area (Å²) < 4.78 is 0. The Morgan fingerprint density at radius 1 is 1.35 bits per heavy atom. The van der Waals surface area contributed by atoms with E-state index in [-0.39, 0.29) is 11.9 Å². The highest BCUT2D eigenvalue weighted by Gasteiger charge is 2.22. The summed E-state index contributed by atoms with van der Waals surface area (Å²) in [4.78, 5) is 20.0. The fourth-order valence-electron chi connectivity index (χ4n) is 2.48. The van der Waals surface area contributed by atoms with Gasteiger partial charge in [-0.25, -0.2) is 4.98 Å². The van der Waals surface area contributed by atoms with Crippen molar-refractivity contribution in [1.29, 1.82) is 0 Å². The van der Waals surface area contributed by atoms with Crippen LogP contribution < -0.4 is 5.32 Å². The highest BCUT2D eigenvalue weighted by molar-refractivity contribution is 7.15. The fourth-order valence-corrected chi connectivity index (χ4v) is 3.65. The lowest BCUT2D eigenvalue weighted by atomic mass is 10.2. The zero-order chi connectivity index (χ0) is 16.8. The van der Waals surface area contributed by atoms with E-state index in [1.165, 1.54) is 0 Å². The molecule has 0 aliphatic heterocycles. The highest BCUT2D eigenvalue weighted by Crippen LogP contribution is 2.33. The van der Waals surface area contributed by atoms with Crippen molar-refractivity contribution < 1.29 is 4.79 Å². The van der Waals surface area contributed by atoms with Crippen LogP contribution in [0.15, 0.2) is 30.3 Å². The maximum Gasteiger partial charge on any atom is 0.222 e. The molecule has 0 aliphatic carbocycles. The number of amides is 1. The Morgan fingerprint density at radius 2 is 2.04 bits per heavy atom. The van der Waals surface area contributed by atoms with Gasteiger partial charge >= 0.3 is 0 Å². The molecule has 1 unspecified atom stereocenters. The maximum absolute atomic E-state index is 12.3. The molecule has 1 atom stereocenters. The van der Waals surface area contributed by atoms with E-state index in [4.69, 9.17) is 0 Å². The van der Waals surface area contributed by atoms with Crippen LogP contribution in [0.25, 0.3) is 10.6 Å². The number of carbonyl (C=O) groups excluding carboxylic acids is 1. The third kappa shape index (κ3) is 4.39. The fraction of sp³-hybridized carbons (Fsp3) is 0.444. The molecule has 0 fully saturated rings. The van der Waals surface area contributed by atoms with Crippen LogP contribution in [0.5, 0.6) is 0 Å². The number of nitrogens with one attached hydrogen (secondary N) is 1. The van der Waals surface area contributed by atoms with E-state index in [1.807, 2.05) is 44.1 Å². The van der Waals surface area contributed by atoms with Crippen LogP contribution in [0.1, 0.15) is 36.4 Å². The second kappa shape index (κ2) is 8.22. The van der Waals surface area contributed by atoms with Gasteiger partial charge in [-0.3, -0.25) is 4.79 Å². The van der Waals surface area contributed by atoms with Gasteiger partial charge in [-0.05, 0) is 33.9 Å². The van der Waals surface area contributed by atoms with E-state index < -0.39 is 0 Å². The minimum absolute atomic E-state index is 0.0482. The summed E-state index contributed by atoms with van der Waals surface area (Å²) in [5.41, 5.74) is 2.14. The molecular formula is C18H25N3OS. The van der Waals surface area contributed by atoms with Crippen molar-refractivity contribution in [1.82, 2.24) is 15.2 Å². The molecule has 2 rings (SSSR count). The predicted octanol–water partition coefficient (Wildman–Crippen LogP) is 3.64. The third-order valence-corrected chi connectivity index (χ3v) is 5.40. The molecule has 1 heterocycles. The minimum atomic E-state index is 0.0482. The van der Waals surface area contributed by atoms with E-state index >= 15 is 0 Å². The largest absolute Gasteiger partial charge is 0.338 e. The van der Waals surface area contributed by atoms with Crippen LogP contribution in [-0.4, -0.2) is 36.4 Å². The molecule has 0 saturated carbocycles. The number of carbonyl (C=O) groups is 1. The number of nitrogens with zero attached hydrogens (tertiary/aromatic N) is 2. The van der Waals surface area contributed by atoms with Gasteiger partial charge in [-0.1, -0.05) is 30.3 Å².